The van der Waals surface area contributed by atoms with E-state index in [0.717, 1.165) is 6.07 Å². The zero-order valence-corrected chi connectivity index (χ0v) is 24.2. The van der Waals surface area contributed by atoms with Gasteiger partial charge in [0.2, 0.25) is 0 Å². The monoisotopic (exact) mass is 609 g/mol. The fraction of sp³-hybridized carbons (Fsp3) is 0.552. The van der Waals surface area contributed by atoms with Crippen LogP contribution in [0.5, 0.6) is 11.5 Å². The number of aryl methyl sites for hydroxylation is 2. The highest BCUT2D eigenvalue weighted by atomic mass is 19.4. The van der Waals surface area contributed by atoms with Gasteiger partial charge in [0.25, 0.3) is 0 Å². The lowest BCUT2D eigenvalue weighted by Crippen LogP contribution is -2.51. The maximum absolute atomic E-state index is 13.9. The second kappa shape index (κ2) is 14.8. The number of nitrogens with one attached hydrogen (secondary N) is 1. The van der Waals surface area contributed by atoms with E-state index in [9.17, 15) is 31.1 Å². The first-order chi connectivity index (χ1) is 19.4. The van der Waals surface area contributed by atoms with Crippen LogP contribution in [0.15, 0.2) is 42.5 Å². The normalized spacial score (nSPS) is 13.8. The second-order valence-electron chi connectivity index (χ2n) is 10.9. The highest BCUT2D eigenvalue weighted by molar-refractivity contribution is 5.68. The summed E-state index contributed by atoms with van der Waals surface area (Å²) < 4.78 is 103. The van der Waals surface area contributed by atoms with Crippen molar-refractivity contribution >= 4 is 6.09 Å². The number of halogens is 6. The summed E-state index contributed by atoms with van der Waals surface area (Å²) in [7, 11) is 1.44. The Bertz CT molecular complexity index is 1130. The standard InChI is InChI=1S/C29H37F6NO6/c1-26(2,3)42-25(37)36-27(4,18-39-19-38-5)15-14-21-10-13-24(23(17-21)28(30,31)32)40-16-6-7-20-8-11-22(12-9-20)41-29(33,34)35/h8-13,17H,6-7,14-16,18-19H2,1-5H3,(H,36,37). The molecule has 0 aliphatic carbocycles. The first-order valence-electron chi connectivity index (χ1n) is 13.1. The van der Waals surface area contributed by atoms with Crippen molar-refractivity contribution in [3.05, 3.63) is 59.2 Å². The van der Waals surface area contributed by atoms with E-state index in [2.05, 4.69) is 10.1 Å². The number of ether oxygens (including phenoxy) is 5. The molecule has 2 rings (SSSR count). The molecular weight excluding hydrogens is 572 g/mol. The van der Waals surface area contributed by atoms with Crippen LogP contribution in [-0.2, 0) is 33.2 Å². The molecule has 1 N–H and O–H groups in total. The minimum absolute atomic E-state index is 0.0332. The molecule has 2 aromatic rings. The van der Waals surface area contributed by atoms with Crippen molar-refractivity contribution < 1.29 is 54.8 Å². The molecular formula is C29H37F6NO6. The third-order valence-corrected chi connectivity index (χ3v) is 5.76. The van der Waals surface area contributed by atoms with Gasteiger partial charge in [-0.3, -0.25) is 0 Å². The van der Waals surface area contributed by atoms with Crippen molar-refractivity contribution in [1.82, 2.24) is 5.32 Å². The van der Waals surface area contributed by atoms with Crippen molar-refractivity contribution in [3.63, 3.8) is 0 Å². The molecule has 1 atom stereocenters. The summed E-state index contributed by atoms with van der Waals surface area (Å²) in [5, 5.41) is 2.75. The van der Waals surface area contributed by atoms with Crippen LogP contribution in [-0.4, -0.2) is 50.7 Å². The van der Waals surface area contributed by atoms with Gasteiger partial charge < -0.3 is 29.0 Å². The lowest BCUT2D eigenvalue weighted by Gasteiger charge is -2.32. The summed E-state index contributed by atoms with van der Waals surface area (Å²) in [6.07, 6.45) is -9.04. The van der Waals surface area contributed by atoms with Gasteiger partial charge in [0.05, 0.1) is 24.3 Å². The van der Waals surface area contributed by atoms with Crippen LogP contribution in [0.2, 0.25) is 0 Å². The summed E-state index contributed by atoms with van der Waals surface area (Å²) in [5.74, 6) is -0.695. The molecule has 42 heavy (non-hydrogen) atoms. The van der Waals surface area contributed by atoms with Crippen molar-refractivity contribution in [3.8, 4) is 11.5 Å². The van der Waals surface area contributed by atoms with Crippen molar-refractivity contribution in [2.45, 2.75) is 77.1 Å². The summed E-state index contributed by atoms with van der Waals surface area (Å²) in [6.45, 7) is 6.79. The predicted molar refractivity (Wildman–Crippen MR) is 142 cm³/mol. The SMILES string of the molecule is COCOCC(C)(CCc1ccc(OCCCc2ccc(OC(F)(F)F)cc2)c(C(F)(F)F)c1)NC(=O)OC(C)(C)C. The van der Waals surface area contributed by atoms with Crippen LogP contribution >= 0.6 is 0 Å². The molecule has 7 nitrogen and oxygen atoms in total. The number of alkyl carbamates (subject to hydrolysis) is 1. The van der Waals surface area contributed by atoms with E-state index >= 15 is 0 Å². The third kappa shape index (κ3) is 13.2. The summed E-state index contributed by atoms with van der Waals surface area (Å²) >= 11 is 0. The Kier molecular flexibility index (Phi) is 12.3. The molecule has 236 valence electrons. The lowest BCUT2D eigenvalue weighted by atomic mass is 9.93. The van der Waals surface area contributed by atoms with Gasteiger partial charge >= 0.3 is 18.6 Å². The number of hydrogen-bond acceptors (Lipinski definition) is 6. The molecule has 0 radical (unpaired) electrons. The molecule has 0 aliphatic rings. The Morgan fingerprint density at radius 3 is 2.10 bits per heavy atom. The number of benzene rings is 2. The zero-order chi connectivity index (χ0) is 31.6. The maximum Gasteiger partial charge on any atom is 0.573 e. The molecule has 0 saturated heterocycles. The van der Waals surface area contributed by atoms with Gasteiger partial charge in [-0.2, -0.15) is 13.2 Å². The van der Waals surface area contributed by atoms with Crippen LogP contribution in [0.3, 0.4) is 0 Å². The number of hydrogen-bond donors (Lipinski definition) is 1. The van der Waals surface area contributed by atoms with E-state index in [1.165, 1.54) is 43.5 Å². The van der Waals surface area contributed by atoms with Crippen LogP contribution < -0.4 is 14.8 Å². The number of methoxy groups -OCH3 is 1. The van der Waals surface area contributed by atoms with Crippen LogP contribution in [0.1, 0.15) is 57.2 Å². The molecule has 13 heteroatoms. The molecule has 0 fully saturated rings. The molecule has 0 spiro atoms. The fourth-order valence-electron chi connectivity index (χ4n) is 3.89. The number of amides is 1. The Morgan fingerprint density at radius 2 is 1.52 bits per heavy atom. The minimum Gasteiger partial charge on any atom is -0.493 e. The molecule has 0 aliphatic heterocycles. The molecule has 0 saturated carbocycles. The minimum atomic E-state index is -4.80. The largest absolute Gasteiger partial charge is 0.573 e. The van der Waals surface area contributed by atoms with E-state index in [1.807, 2.05) is 0 Å². The zero-order valence-electron chi connectivity index (χ0n) is 24.2. The van der Waals surface area contributed by atoms with Gasteiger partial charge in [0.15, 0.2) is 0 Å². The number of carbonyl (C=O) groups excluding carboxylic acids is 1. The number of carbonyl (C=O) groups is 1. The average molecular weight is 610 g/mol. The third-order valence-electron chi connectivity index (χ3n) is 5.76. The summed E-state index contributed by atoms with van der Waals surface area (Å²) in [4.78, 5) is 12.4. The van der Waals surface area contributed by atoms with Crippen LogP contribution in [0, 0.1) is 0 Å². The molecule has 2 aromatic carbocycles. The van der Waals surface area contributed by atoms with E-state index in [-0.39, 0.29) is 44.3 Å². The Labute approximate surface area is 241 Å². The Morgan fingerprint density at radius 1 is 0.881 bits per heavy atom. The molecule has 1 unspecified atom stereocenters. The van der Waals surface area contributed by atoms with Gasteiger partial charge in [0, 0.05) is 7.11 Å². The van der Waals surface area contributed by atoms with Gasteiger partial charge in [-0.1, -0.05) is 18.2 Å². The quantitative estimate of drug-likeness (QED) is 0.136. The summed E-state index contributed by atoms with van der Waals surface area (Å²) in [6, 6.07) is 9.02. The highest BCUT2D eigenvalue weighted by Gasteiger charge is 2.35. The second-order valence-corrected chi connectivity index (χ2v) is 10.9. The Hall–Kier alpha value is -3.19. The molecule has 1 amide bonds. The predicted octanol–water partition coefficient (Wildman–Crippen LogP) is 7.45. The first kappa shape index (κ1) is 35.0. The van der Waals surface area contributed by atoms with E-state index in [4.69, 9.17) is 18.9 Å². The van der Waals surface area contributed by atoms with E-state index in [0.29, 0.717) is 24.0 Å². The summed E-state index contributed by atoms with van der Waals surface area (Å²) in [5.41, 5.74) is -1.60. The first-order valence-corrected chi connectivity index (χ1v) is 13.1. The Balaban J connectivity index is 2.03. The van der Waals surface area contributed by atoms with Crippen molar-refractivity contribution in [1.29, 1.82) is 0 Å². The molecule has 0 bridgehead atoms. The van der Waals surface area contributed by atoms with Gasteiger partial charge in [0.1, 0.15) is 23.9 Å². The van der Waals surface area contributed by atoms with Crippen LogP contribution in [0.4, 0.5) is 31.1 Å². The lowest BCUT2D eigenvalue weighted by molar-refractivity contribution is -0.274. The van der Waals surface area contributed by atoms with E-state index in [1.54, 1.807) is 27.7 Å². The van der Waals surface area contributed by atoms with Gasteiger partial charge in [-0.15, -0.1) is 13.2 Å². The van der Waals surface area contributed by atoms with Gasteiger partial charge in [-0.05, 0) is 88.8 Å². The van der Waals surface area contributed by atoms with Crippen molar-refractivity contribution in [2.24, 2.45) is 0 Å². The van der Waals surface area contributed by atoms with Gasteiger partial charge in [-0.25, -0.2) is 4.79 Å². The van der Waals surface area contributed by atoms with Crippen LogP contribution in [0.25, 0.3) is 0 Å². The average Bonchev–Trinajstić information content (AvgIpc) is 2.84. The fourth-order valence-corrected chi connectivity index (χ4v) is 3.89. The van der Waals surface area contributed by atoms with E-state index < -0.39 is 35.3 Å². The molecule has 0 aromatic heterocycles. The highest BCUT2D eigenvalue weighted by Crippen LogP contribution is 2.37. The smallest absolute Gasteiger partial charge is 0.493 e. The maximum atomic E-state index is 13.9. The van der Waals surface area contributed by atoms with Crippen molar-refractivity contribution in [2.75, 3.05) is 27.1 Å². The number of rotatable bonds is 14. The molecule has 0 heterocycles. The topological polar surface area (TPSA) is 75.3 Å². The number of alkyl halides is 6.